The van der Waals surface area contributed by atoms with Crippen molar-refractivity contribution in [2.75, 3.05) is 4.90 Å². The molecule has 0 saturated heterocycles. The summed E-state index contributed by atoms with van der Waals surface area (Å²) >= 11 is 3.05. The lowest BCUT2D eigenvalue weighted by Gasteiger charge is -2.24. The van der Waals surface area contributed by atoms with E-state index in [0.29, 0.717) is 4.90 Å². The van der Waals surface area contributed by atoms with Gasteiger partial charge in [-0.25, -0.2) is 4.79 Å². The molecule has 0 saturated carbocycles. The van der Waals surface area contributed by atoms with Gasteiger partial charge in [0.15, 0.2) is 0 Å². The molecule has 5 nitrogen and oxygen atoms in total. The van der Waals surface area contributed by atoms with Crippen molar-refractivity contribution in [1.29, 1.82) is 0 Å². The van der Waals surface area contributed by atoms with Crippen LogP contribution in [0.2, 0.25) is 0 Å². The van der Waals surface area contributed by atoms with E-state index in [1.54, 1.807) is 0 Å². The fraction of sp³-hybridized carbons (Fsp3) is 0.125. The Morgan fingerprint density at radius 1 is 1.08 bits per heavy atom. The number of carbonyl (C=O) groups excluding carboxylic acids is 1. The molecule has 0 fully saturated rings. The van der Waals surface area contributed by atoms with Gasteiger partial charge in [0.2, 0.25) is 0 Å². The lowest BCUT2D eigenvalue weighted by Crippen LogP contribution is -2.40. The second-order valence-electron chi connectivity index (χ2n) is 4.99. The number of hydrogen-bond acceptors (Lipinski definition) is 3. The fourth-order valence-electron chi connectivity index (χ4n) is 2.08. The molecule has 0 spiro atoms. The molecule has 0 aliphatic rings. The second kappa shape index (κ2) is 7.14. The van der Waals surface area contributed by atoms with Crippen molar-refractivity contribution >= 4 is 33.5 Å². The normalized spacial score (nSPS) is 11.2. The van der Waals surface area contributed by atoms with Gasteiger partial charge in [0, 0.05) is 11.3 Å². The Morgan fingerprint density at radius 3 is 2.20 bits per heavy atom. The van der Waals surface area contributed by atoms with Crippen LogP contribution in [-0.2, 0) is 11.3 Å². The van der Waals surface area contributed by atoms with Gasteiger partial charge >= 0.3 is 18.1 Å². The highest BCUT2D eigenvalue weighted by molar-refractivity contribution is 9.10. The van der Waals surface area contributed by atoms with Crippen LogP contribution in [-0.4, -0.2) is 28.3 Å². The van der Waals surface area contributed by atoms with Crippen molar-refractivity contribution in [1.82, 2.24) is 0 Å². The highest BCUT2D eigenvalue weighted by Crippen LogP contribution is 2.31. The maximum Gasteiger partial charge on any atom is 0.471 e. The van der Waals surface area contributed by atoms with E-state index >= 15 is 0 Å². The Labute approximate surface area is 148 Å². The topological polar surface area (TPSA) is 77.8 Å². The van der Waals surface area contributed by atoms with Gasteiger partial charge in [-0.05, 0) is 46.3 Å². The third-order valence-corrected chi connectivity index (χ3v) is 3.95. The highest BCUT2D eigenvalue weighted by atomic mass is 79.9. The zero-order chi connectivity index (χ0) is 18.8. The van der Waals surface area contributed by atoms with E-state index in [1.807, 2.05) is 0 Å². The third-order valence-electron chi connectivity index (χ3n) is 3.31. The standard InChI is InChI=1S/C16H11BrF3NO4/c17-12-3-1-2-10(13(12)22)8-21(15(25)16(18,19)20)11-6-4-9(5-7-11)14(23)24/h1-7,22H,8H2,(H,23,24). The Balaban J connectivity index is 2.45. The van der Waals surface area contributed by atoms with Crippen molar-refractivity contribution in [3.05, 3.63) is 58.1 Å². The van der Waals surface area contributed by atoms with Crippen molar-refractivity contribution in [3.63, 3.8) is 0 Å². The Kier molecular flexibility index (Phi) is 5.36. The number of carboxylic acid groups (broad SMARTS) is 1. The van der Waals surface area contributed by atoms with Gasteiger partial charge in [-0.1, -0.05) is 12.1 Å². The number of carbonyl (C=O) groups is 2. The minimum Gasteiger partial charge on any atom is -0.506 e. The molecule has 0 atom stereocenters. The van der Waals surface area contributed by atoms with Crippen LogP contribution in [0.3, 0.4) is 0 Å². The number of phenols is 1. The molecule has 2 rings (SSSR count). The number of nitrogens with zero attached hydrogens (tertiary/aromatic N) is 1. The summed E-state index contributed by atoms with van der Waals surface area (Å²) in [7, 11) is 0. The van der Waals surface area contributed by atoms with Gasteiger partial charge in [0.1, 0.15) is 5.75 Å². The van der Waals surface area contributed by atoms with Crippen LogP contribution in [0.25, 0.3) is 0 Å². The van der Waals surface area contributed by atoms with Gasteiger partial charge < -0.3 is 15.1 Å². The molecule has 0 unspecified atom stereocenters. The molecule has 9 heteroatoms. The monoisotopic (exact) mass is 417 g/mol. The number of hydrogen-bond donors (Lipinski definition) is 2. The number of para-hydroxylation sites is 1. The van der Waals surface area contributed by atoms with Gasteiger partial charge in [-0.2, -0.15) is 13.2 Å². The molecule has 0 aliphatic carbocycles. The number of anilines is 1. The Bertz CT molecular complexity index is 806. The first-order chi connectivity index (χ1) is 11.6. The van der Waals surface area contributed by atoms with E-state index in [4.69, 9.17) is 5.11 Å². The third kappa shape index (κ3) is 4.30. The van der Waals surface area contributed by atoms with Gasteiger partial charge in [0.05, 0.1) is 16.6 Å². The minimum atomic E-state index is -5.13. The maximum atomic E-state index is 12.9. The van der Waals surface area contributed by atoms with E-state index in [2.05, 4.69) is 15.9 Å². The van der Waals surface area contributed by atoms with Crippen LogP contribution < -0.4 is 4.90 Å². The number of aromatic hydroxyl groups is 1. The lowest BCUT2D eigenvalue weighted by atomic mass is 10.1. The predicted molar refractivity (Wildman–Crippen MR) is 86.5 cm³/mol. The number of carboxylic acids is 1. The van der Waals surface area contributed by atoms with Crippen molar-refractivity contribution in [2.45, 2.75) is 12.7 Å². The smallest absolute Gasteiger partial charge is 0.471 e. The summed E-state index contributed by atoms with van der Waals surface area (Å²) in [6.07, 6.45) is -5.13. The zero-order valence-corrected chi connectivity index (χ0v) is 14.0. The molecule has 0 heterocycles. The first kappa shape index (κ1) is 18.8. The summed E-state index contributed by atoms with van der Waals surface area (Å²) in [6.45, 7) is -0.546. The SMILES string of the molecule is O=C(O)c1ccc(N(Cc2cccc(Br)c2O)C(=O)C(F)(F)F)cc1. The fourth-order valence-corrected chi connectivity index (χ4v) is 2.48. The molecular weight excluding hydrogens is 407 g/mol. The van der Waals surface area contributed by atoms with Gasteiger partial charge in [-0.3, -0.25) is 4.79 Å². The largest absolute Gasteiger partial charge is 0.506 e. The number of benzene rings is 2. The molecule has 0 bridgehead atoms. The summed E-state index contributed by atoms with van der Waals surface area (Å²) in [5, 5.41) is 18.8. The van der Waals surface area contributed by atoms with E-state index in [0.717, 1.165) is 24.3 Å². The van der Waals surface area contributed by atoms with Crippen LogP contribution in [0.1, 0.15) is 15.9 Å². The molecule has 2 aromatic rings. The van der Waals surface area contributed by atoms with Crippen LogP contribution in [0.15, 0.2) is 46.9 Å². The first-order valence-electron chi connectivity index (χ1n) is 6.79. The number of halogens is 4. The van der Waals surface area contributed by atoms with E-state index in [9.17, 15) is 27.9 Å². The number of aromatic carboxylic acids is 1. The zero-order valence-electron chi connectivity index (χ0n) is 12.4. The number of alkyl halides is 3. The van der Waals surface area contributed by atoms with E-state index < -0.39 is 24.6 Å². The number of rotatable bonds is 4. The van der Waals surface area contributed by atoms with Gasteiger partial charge in [0.25, 0.3) is 0 Å². The van der Waals surface area contributed by atoms with Gasteiger partial charge in [-0.15, -0.1) is 0 Å². The average Bonchev–Trinajstić information content (AvgIpc) is 2.55. The Hall–Kier alpha value is -2.55. The van der Waals surface area contributed by atoms with Crippen LogP contribution >= 0.6 is 15.9 Å². The molecular formula is C16H11BrF3NO4. The summed E-state index contributed by atoms with van der Waals surface area (Å²) in [6, 6.07) is 8.76. The first-order valence-corrected chi connectivity index (χ1v) is 7.59. The van der Waals surface area contributed by atoms with Crippen molar-refractivity contribution < 1.29 is 33.0 Å². The summed E-state index contributed by atoms with van der Waals surface area (Å²) < 4.78 is 39.0. The minimum absolute atomic E-state index is 0.0919. The second-order valence-corrected chi connectivity index (χ2v) is 5.84. The van der Waals surface area contributed by atoms with E-state index in [-0.39, 0.29) is 27.0 Å². The Morgan fingerprint density at radius 2 is 1.68 bits per heavy atom. The lowest BCUT2D eigenvalue weighted by molar-refractivity contribution is -0.170. The van der Waals surface area contributed by atoms with E-state index in [1.165, 1.54) is 18.2 Å². The summed E-state index contributed by atoms with van der Waals surface area (Å²) in [5.74, 6) is -3.66. The van der Waals surface area contributed by atoms with Crippen LogP contribution in [0.4, 0.5) is 18.9 Å². The molecule has 0 aromatic heterocycles. The predicted octanol–water partition coefficient (Wildman–Crippen LogP) is 3.95. The quantitative estimate of drug-likeness (QED) is 0.789. The number of amides is 1. The molecule has 0 aliphatic heterocycles. The molecule has 25 heavy (non-hydrogen) atoms. The van der Waals surface area contributed by atoms with Crippen molar-refractivity contribution in [2.24, 2.45) is 0 Å². The average molecular weight is 418 g/mol. The molecule has 0 radical (unpaired) electrons. The highest BCUT2D eigenvalue weighted by Gasteiger charge is 2.43. The molecule has 2 N–H and O–H groups in total. The van der Waals surface area contributed by atoms with Crippen LogP contribution in [0, 0.1) is 0 Å². The van der Waals surface area contributed by atoms with Crippen molar-refractivity contribution in [3.8, 4) is 5.75 Å². The van der Waals surface area contributed by atoms with Crippen LogP contribution in [0.5, 0.6) is 5.75 Å². The number of phenolic OH excluding ortho intramolecular Hbond substituents is 1. The molecule has 1 amide bonds. The molecule has 2 aromatic carbocycles. The molecule has 132 valence electrons. The maximum absolute atomic E-state index is 12.9. The summed E-state index contributed by atoms with van der Waals surface area (Å²) in [5.41, 5.74) is -0.186. The summed E-state index contributed by atoms with van der Waals surface area (Å²) in [4.78, 5) is 23.0.